The number of hydrogen-bond donors (Lipinski definition) is 1. The highest BCUT2D eigenvalue weighted by Crippen LogP contribution is 2.15. The van der Waals surface area contributed by atoms with Crippen LogP contribution in [0.5, 0.6) is 0 Å². The second-order valence-electron chi connectivity index (χ2n) is 4.11. The topological polar surface area (TPSA) is 86.2 Å². The van der Waals surface area contributed by atoms with Gasteiger partial charge in [-0.25, -0.2) is 0 Å². The minimum atomic E-state index is -0.273. The summed E-state index contributed by atoms with van der Waals surface area (Å²) in [5.41, 5.74) is 7.40. The molecule has 0 amide bonds. The van der Waals surface area contributed by atoms with Crippen LogP contribution in [0.1, 0.15) is 10.6 Å². The summed E-state index contributed by atoms with van der Waals surface area (Å²) in [5.74, 6) is 0. The molecule has 0 bridgehead atoms. The fourth-order valence-corrected chi connectivity index (χ4v) is 2.44. The summed E-state index contributed by atoms with van der Waals surface area (Å²) in [6.45, 7) is 2.27. The number of aryl methyl sites for hydroxylation is 1. The highest BCUT2D eigenvalue weighted by atomic mass is 32.1. The van der Waals surface area contributed by atoms with Crippen molar-refractivity contribution in [1.82, 2.24) is 19.8 Å². The molecule has 2 N–H and O–H groups in total. The standard InChI is InChI=1S/C12H11N5OS/c1-7-2-4-8(5-3-7)10-11(18)17-12(15-14-10)19-9(6-13)16-17/h2-5H,6,13H2,1H3. The minimum Gasteiger partial charge on any atom is -0.324 e. The Morgan fingerprint density at radius 3 is 2.68 bits per heavy atom. The van der Waals surface area contributed by atoms with E-state index in [1.54, 1.807) is 0 Å². The Kier molecular flexibility index (Phi) is 2.84. The zero-order chi connectivity index (χ0) is 13.4. The Labute approximate surface area is 112 Å². The van der Waals surface area contributed by atoms with Gasteiger partial charge in [0, 0.05) is 12.1 Å². The molecule has 6 nitrogen and oxygen atoms in total. The van der Waals surface area contributed by atoms with Gasteiger partial charge in [-0.3, -0.25) is 4.79 Å². The average Bonchev–Trinajstić information content (AvgIpc) is 2.85. The highest BCUT2D eigenvalue weighted by molar-refractivity contribution is 7.16. The molecule has 7 heteroatoms. The van der Waals surface area contributed by atoms with E-state index in [2.05, 4.69) is 15.3 Å². The molecule has 0 aliphatic heterocycles. The lowest BCUT2D eigenvalue weighted by Crippen LogP contribution is -2.19. The van der Waals surface area contributed by atoms with Crippen molar-refractivity contribution in [2.75, 3.05) is 0 Å². The molecule has 19 heavy (non-hydrogen) atoms. The smallest absolute Gasteiger partial charge is 0.302 e. The third-order valence-corrected chi connectivity index (χ3v) is 3.65. The Bertz CT molecular complexity index is 790. The van der Waals surface area contributed by atoms with Crippen LogP contribution in [0, 0.1) is 6.92 Å². The molecule has 0 aliphatic rings. The lowest BCUT2D eigenvalue weighted by molar-refractivity contribution is 0.826. The third kappa shape index (κ3) is 2.02. The molecular formula is C12H11N5OS. The van der Waals surface area contributed by atoms with Crippen molar-refractivity contribution in [2.45, 2.75) is 13.5 Å². The average molecular weight is 273 g/mol. The molecule has 0 aliphatic carbocycles. The van der Waals surface area contributed by atoms with Gasteiger partial charge in [0.05, 0.1) is 0 Å². The van der Waals surface area contributed by atoms with E-state index < -0.39 is 0 Å². The van der Waals surface area contributed by atoms with Crippen molar-refractivity contribution < 1.29 is 0 Å². The fraction of sp³-hybridized carbons (Fsp3) is 0.167. The molecule has 0 radical (unpaired) electrons. The van der Waals surface area contributed by atoms with Gasteiger partial charge in [-0.2, -0.15) is 9.61 Å². The SMILES string of the molecule is Cc1ccc(-c2nnc3sc(CN)nn3c2=O)cc1. The Morgan fingerprint density at radius 1 is 1.26 bits per heavy atom. The highest BCUT2D eigenvalue weighted by Gasteiger charge is 2.12. The van der Waals surface area contributed by atoms with Gasteiger partial charge in [-0.05, 0) is 6.92 Å². The molecule has 0 saturated heterocycles. The maximum Gasteiger partial charge on any atom is 0.302 e. The fourth-order valence-electron chi connectivity index (χ4n) is 1.73. The van der Waals surface area contributed by atoms with E-state index in [4.69, 9.17) is 5.73 Å². The van der Waals surface area contributed by atoms with Crippen LogP contribution in [-0.4, -0.2) is 19.8 Å². The lowest BCUT2D eigenvalue weighted by Gasteiger charge is -1.99. The van der Waals surface area contributed by atoms with Gasteiger partial charge in [0.1, 0.15) is 5.01 Å². The second-order valence-corrected chi connectivity index (χ2v) is 5.15. The molecule has 96 valence electrons. The van der Waals surface area contributed by atoms with Crippen LogP contribution in [0.25, 0.3) is 16.2 Å². The number of aromatic nitrogens is 4. The van der Waals surface area contributed by atoms with Gasteiger partial charge in [0.25, 0.3) is 0 Å². The van der Waals surface area contributed by atoms with Crippen LogP contribution in [0.3, 0.4) is 0 Å². The molecule has 3 rings (SSSR count). The maximum atomic E-state index is 12.3. The number of fused-ring (bicyclic) bond motifs is 1. The molecule has 2 aromatic heterocycles. The van der Waals surface area contributed by atoms with E-state index in [1.165, 1.54) is 15.9 Å². The molecule has 3 aromatic rings. The van der Waals surface area contributed by atoms with E-state index >= 15 is 0 Å². The Morgan fingerprint density at radius 2 is 2.00 bits per heavy atom. The van der Waals surface area contributed by atoms with E-state index in [1.807, 2.05) is 31.2 Å². The Hall–Kier alpha value is -2.12. The Balaban J connectivity index is 2.22. The number of nitrogens with two attached hydrogens (primary N) is 1. The molecule has 2 heterocycles. The van der Waals surface area contributed by atoms with E-state index in [0.717, 1.165) is 11.1 Å². The summed E-state index contributed by atoms with van der Waals surface area (Å²) in [6.07, 6.45) is 0. The van der Waals surface area contributed by atoms with E-state index in [9.17, 15) is 4.79 Å². The summed E-state index contributed by atoms with van der Waals surface area (Å²) in [6, 6.07) is 7.56. The van der Waals surface area contributed by atoms with Gasteiger partial charge < -0.3 is 5.73 Å². The van der Waals surface area contributed by atoms with Crippen LogP contribution in [0.4, 0.5) is 0 Å². The zero-order valence-electron chi connectivity index (χ0n) is 10.2. The normalized spacial score (nSPS) is 11.1. The van der Waals surface area contributed by atoms with Crippen LogP contribution in [0.2, 0.25) is 0 Å². The second kappa shape index (κ2) is 4.52. The molecule has 1 aromatic carbocycles. The zero-order valence-corrected chi connectivity index (χ0v) is 11.0. The van der Waals surface area contributed by atoms with Crippen LogP contribution in [0.15, 0.2) is 29.1 Å². The van der Waals surface area contributed by atoms with Gasteiger partial charge >= 0.3 is 5.56 Å². The molecular weight excluding hydrogens is 262 g/mol. The monoisotopic (exact) mass is 273 g/mol. The predicted octanol–water partition coefficient (Wildman–Crippen LogP) is 0.980. The molecule has 0 unspecified atom stereocenters. The van der Waals surface area contributed by atoms with Crippen molar-refractivity contribution in [3.05, 3.63) is 45.2 Å². The summed E-state index contributed by atoms with van der Waals surface area (Å²) in [5, 5.41) is 12.8. The van der Waals surface area contributed by atoms with Gasteiger partial charge in [0.15, 0.2) is 5.69 Å². The van der Waals surface area contributed by atoms with Crippen LogP contribution >= 0.6 is 11.3 Å². The van der Waals surface area contributed by atoms with Crippen molar-refractivity contribution in [3.63, 3.8) is 0 Å². The summed E-state index contributed by atoms with van der Waals surface area (Å²) >= 11 is 1.27. The lowest BCUT2D eigenvalue weighted by atomic mass is 10.1. The quantitative estimate of drug-likeness (QED) is 0.752. The van der Waals surface area contributed by atoms with Crippen molar-refractivity contribution >= 4 is 16.3 Å². The number of nitrogens with zero attached hydrogens (tertiary/aromatic N) is 4. The van der Waals surface area contributed by atoms with Crippen molar-refractivity contribution in [1.29, 1.82) is 0 Å². The number of benzene rings is 1. The molecule has 0 fully saturated rings. The first kappa shape index (κ1) is 11.9. The summed E-state index contributed by atoms with van der Waals surface area (Å²) in [4.78, 5) is 12.8. The molecule has 0 spiro atoms. The maximum absolute atomic E-state index is 12.3. The van der Waals surface area contributed by atoms with Gasteiger partial charge in [-0.1, -0.05) is 41.2 Å². The minimum absolute atomic E-state index is 0.273. The molecule has 0 saturated carbocycles. The third-order valence-electron chi connectivity index (χ3n) is 2.73. The molecule has 0 atom stereocenters. The van der Waals surface area contributed by atoms with E-state index in [0.29, 0.717) is 15.7 Å². The van der Waals surface area contributed by atoms with Crippen LogP contribution < -0.4 is 11.3 Å². The van der Waals surface area contributed by atoms with E-state index in [-0.39, 0.29) is 12.1 Å². The van der Waals surface area contributed by atoms with Gasteiger partial charge in [0.2, 0.25) is 4.96 Å². The predicted molar refractivity (Wildman–Crippen MR) is 73.0 cm³/mol. The first-order valence-electron chi connectivity index (χ1n) is 5.71. The first-order chi connectivity index (χ1) is 9.19. The van der Waals surface area contributed by atoms with Gasteiger partial charge in [-0.15, -0.1) is 10.2 Å². The number of hydrogen-bond acceptors (Lipinski definition) is 6. The number of rotatable bonds is 2. The van der Waals surface area contributed by atoms with Crippen LogP contribution in [-0.2, 0) is 6.54 Å². The van der Waals surface area contributed by atoms with Crippen molar-refractivity contribution in [2.24, 2.45) is 5.73 Å². The van der Waals surface area contributed by atoms with Crippen molar-refractivity contribution in [3.8, 4) is 11.3 Å². The largest absolute Gasteiger partial charge is 0.324 e. The first-order valence-corrected chi connectivity index (χ1v) is 6.53. The summed E-state index contributed by atoms with van der Waals surface area (Å²) in [7, 11) is 0. The summed E-state index contributed by atoms with van der Waals surface area (Å²) < 4.78 is 1.26.